The summed E-state index contributed by atoms with van der Waals surface area (Å²) in [7, 11) is 3.50. The third-order valence-corrected chi connectivity index (χ3v) is 6.80. The van der Waals surface area contributed by atoms with Crippen LogP contribution in [0.15, 0.2) is 30.5 Å². The van der Waals surface area contributed by atoms with Gasteiger partial charge in [-0.15, -0.1) is 0 Å². The van der Waals surface area contributed by atoms with Crippen molar-refractivity contribution in [2.45, 2.75) is 63.6 Å². The molecule has 8 heteroatoms. The number of hydrogen-bond acceptors (Lipinski definition) is 5. The van der Waals surface area contributed by atoms with Crippen molar-refractivity contribution >= 4 is 17.5 Å². The Labute approximate surface area is 189 Å². The summed E-state index contributed by atoms with van der Waals surface area (Å²) in [6.45, 7) is 4.25. The number of nitrogens with one attached hydrogen (secondary N) is 2. The van der Waals surface area contributed by atoms with Gasteiger partial charge in [0.1, 0.15) is 5.75 Å². The van der Waals surface area contributed by atoms with Gasteiger partial charge in [-0.25, -0.2) is 0 Å². The van der Waals surface area contributed by atoms with Crippen LogP contribution in [0.3, 0.4) is 0 Å². The van der Waals surface area contributed by atoms with Crippen molar-refractivity contribution in [3.05, 3.63) is 41.7 Å². The summed E-state index contributed by atoms with van der Waals surface area (Å²) in [4.78, 5) is 27.9. The Hall–Kier alpha value is -2.87. The van der Waals surface area contributed by atoms with Gasteiger partial charge < -0.3 is 15.4 Å². The second kappa shape index (κ2) is 8.94. The van der Waals surface area contributed by atoms with Gasteiger partial charge in [0.2, 0.25) is 11.8 Å². The summed E-state index contributed by atoms with van der Waals surface area (Å²) in [5.41, 5.74) is 2.21. The largest absolute Gasteiger partial charge is 0.497 e. The molecule has 2 aliphatic heterocycles. The fourth-order valence-corrected chi connectivity index (χ4v) is 5.32. The van der Waals surface area contributed by atoms with Gasteiger partial charge in [-0.1, -0.05) is 18.6 Å². The molecule has 2 saturated heterocycles. The molecule has 1 aromatic carbocycles. The molecule has 0 aliphatic carbocycles. The quantitative estimate of drug-likeness (QED) is 0.748. The lowest BCUT2D eigenvalue weighted by Gasteiger charge is -2.38. The molecule has 1 aromatic heterocycles. The Morgan fingerprint density at radius 1 is 1.38 bits per heavy atom. The first-order chi connectivity index (χ1) is 15.3. The van der Waals surface area contributed by atoms with Gasteiger partial charge in [0.25, 0.3) is 0 Å². The molecule has 2 amide bonds. The third kappa shape index (κ3) is 4.50. The molecule has 32 heavy (non-hydrogen) atoms. The number of amides is 2. The smallest absolute Gasteiger partial charge is 0.238 e. The molecule has 0 unspecified atom stereocenters. The Morgan fingerprint density at radius 3 is 2.91 bits per heavy atom. The molecule has 0 bridgehead atoms. The highest BCUT2D eigenvalue weighted by atomic mass is 16.5. The molecular weight excluding hydrogens is 406 g/mol. The Bertz CT molecular complexity index is 1000. The van der Waals surface area contributed by atoms with Crippen molar-refractivity contribution in [1.82, 2.24) is 20.0 Å². The number of anilines is 1. The van der Waals surface area contributed by atoms with E-state index in [9.17, 15) is 9.59 Å². The second-order valence-electron chi connectivity index (χ2n) is 9.25. The van der Waals surface area contributed by atoms with Crippen molar-refractivity contribution in [2.24, 2.45) is 7.05 Å². The number of hydrogen-bond donors (Lipinski definition) is 2. The van der Waals surface area contributed by atoms with E-state index in [-0.39, 0.29) is 30.4 Å². The van der Waals surface area contributed by atoms with Gasteiger partial charge in [-0.3, -0.25) is 19.2 Å². The lowest BCUT2D eigenvalue weighted by Crippen LogP contribution is -2.56. The van der Waals surface area contributed by atoms with E-state index in [0.717, 1.165) is 48.4 Å². The molecule has 2 fully saturated rings. The van der Waals surface area contributed by atoms with Gasteiger partial charge in [-0.05, 0) is 50.8 Å². The number of rotatable bonds is 5. The highest BCUT2D eigenvalue weighted by Crippen LogP contribution is 2.45. The van der Waals surface area contributed by atoms with E-state index >= 15 is 0 Å². The van der Waals surface area contributed by atoms with Crippen molar-refractivity contribution in [1.29, 1.82) is 0 Å². The normalized spacial score (nSPS) is 26.1. The number of fused-ring (bicyclic) bond motifs is 1. The average molecular weight is 440 g/mol. The minimum atomic E-state index is -0.393. The summed E-state index contributed by atoms with van der Waals surface area (Å²) in [5.74, 6) is 0.807. The van der Waals surface area contributed by atoms with E-state index in [0.29, 0.717) is 6.42 Å². The Kier molecular flexibility index (Phi) is 6.24. The molecule has 0 saturated carbocycles. The maximum absolute atomic E-state index is 13.1. The SMILES string of the molecule is COc1cccc([C@@H]2C[C@]3(C)NC(=O)CCCC[C@@H]3N2CC(=O)Nc2cn(C)nc2C)c1. The third-order valence-electron chi connectivity index (χ3n) is 6.80. The number of nitrogens with zero attached hydrogens (tertiary/aromatic N) is 3. The van der Waals surface area contributed by atoms with Gasteiger partial charge in [-0.2, -0.15) is 5.10 Å². The Morgan fingerprint density at radius 2 is 2.19 bits per heavy atom. The number of methoxy groups -OCH3 is 1. The van der Waals surface area contributed by atoms with Crippen molar-refractivity contribution in [2.75, 3.05) is 19.0 Å². The van der Waals surface area contributed by atoms with Gasteiger partial charge >= 0.3 is 0 Å². The summed E-state index contributed by atoms with van der Waals surface area (Å²) in [6.07, 6.45) is 5.91. The van der Waals surface area contributed by atoms with E-state index < -0.39 is 5.54 Å². The van der Waals surface area contributed by atoms with Gasteiger partial charge in [0.15, 0.2) is 0 Å². The van der Waals surface area contributed by atoms with Crippen molar-refractivity contribution in [3.8, 4) is 5.75 Å². The maximum atomic E-state index is 13.1. The number of likely N-dealkylation sites (tertiary alicyclic amines) is 1. The minimum absolute atomic E-state index is 0.000699. The fourth-order valence-electron chi connectivity index (χ4n) is 5.32. The second-order valence-corrected chi connectivity index (χ2v) is 9.25. The first-order valence-corrected chi connectivity index (χ1v) is 11.3. The van der Waals surface area contributed by atoms with E-state index in [2.05, 4.69) is 33.6 Å². The van der Waals surface area contributed by atoms with Crippen LogP contribution >= 0.6 is 0 Å². The summed E-state index contributed by atoms with van der Waals surface area (Å²) >= 11 is 0. The maximum Gasteiger partial charge on any atom is 0.238 e. The van der Waals surface area contributed by atoms with Crippen LogP contribution < -0.4 is 15.4 Å². The zero-order valence-corrected chi connectivity index (χ0v) is 19.4. The number of aryl methyl sites for hydroxylation is 2. The predicted octanol–water partition coefficient (Wildman–Crippen LogP) is 2.94. The first-order valence-electron chi connectivity index (χ1n) is 11.3. The molecule has 2 aliphatic rings. The van der Waals surface area contributed by atoms with Crippen molar-refractivity contribution < 1.29 is 14.3 Å². The van der Waals surface area contributed by atoms with E-state index in [1.165, 1.54) is 0 Å². The molecular formula is C24H33N5O3. The standard InChI is InChI=1S/C24H33N5O3/c1-16-19(14-28(3)27-16)25-23(31)15-29-20(17-8-7-9-18(12-17)32-4)13-24(2)21(29)10-5-6-11-22(30)26-24/h7-9,12,14,20-21H,5-6,10-11,13,15H2,1-4H3,(H,25,31)(H,26,30)/t20-,21-,24-/m0/s1. The summed E-state index contributed by atoms with van der Waals surface area (Å²) in [6, 6.07) is 8.08. The average Bonchev–Trinajstić information content (AvgIpc) is 3.19. The number of benzene rings is 1. The number of aromatic nitrogens is 2. The molecule has 0 radical (unpaired) electrons. The molecule has 2 aromatic rings. The molecule has 3 heterocycles. The lowest BCUT2D eigenvalue weighted by molar-refractivity contribution is -0.123. The van der Waals surface area contributed by atoms with Crippen LogP contribution in [0.1, 0.15) is 56.3 Å². The monoisotopic (exact) mass is 439 g/mol. The van der Waals surface area contributed by atoms with Crippen molar-refractivity contribution in [3.63, 3.8) is 0 Å². The molecule has 3 atom stereocenters. The van der Waals surface area contributed by atoms with Crippen LogP contribution in [0.2, 0.25) is 0 Å². The van der Waals surface area contributed by atoms with E-state index in [4.69, 9.17) is 4.74 Å². The number of carbonyl (C=O) groups excluding carboxylic acids is 2. The van der Waals surface area contributed by atoms with Crippen LogP contribution in [0.4, 0.5) is 5.69 Å². The number of carbonyl (C=O) groups is 2. The lowest BCUT2D eigenvalue weighted by atomic mass is 9.85. The van der Waals surface area contributed by atoms with Crippen LogP contribution in [0.25, 0.3) is 0 Å². The van der Waals surface area contributed by atoms with Crippen LogP contribution in [-0.2, 0) is 16.6 Å². The van der Waals surface area contributed by atoms with Crippen LogP contribution in [-0.4, -0.2) is 51.7 Å². The van der Waals surface area contributed by atoms with Gasteiger partial charge in [0, 0.05) is 31.7 Å². The molecule has 0 spiro atoms. The van der Waals surface area contributed by atoms with E-state index in [1.807, 2.05) is 38.4 Å². The first kappa shape index (κ1) is 22.3. The summed E-state index contributed by atoms with van der Waals surface area (Å²) < 4.78 is 7.15. The van der Waals surface area contributed by atoms with E-state index in [1.54, 1.807) is 11.8 Å². The molecule has 8 nitrogen and oxygen atoms in total. The molecule has 4 rings (SSSR count). The highest BCUT2D eigenvalue weighted by molar-refractivity contribution is 5.92. The molecule has 2 N–H and O–H groups in total. The highest BCUT2D eigenvalue weighted by Gasteiger charge is 2.51. The Balaban J connectivity index is 1.64. The summed E-state index contributed by atoms with van der Waals surface area (Å²) in [5, 5.41) is 10.6. The molecule has 172 valence electrons. The van der Waals surface area contributed by atoms with Crippen LogP contribution in [0.5, 0.6) is 5.75 Å². The predicted molar refractivity (Wildman–Crippen MR) is 122 cm³/mol. The fraction of sp³-hybridized carbons (Fsp3) is 0.542. The zero-order chi connectivity index (χ0) is 22.9. The topological polar surface area (TPSA) is 88.5 Å². The van der Waals surface area contributed by atoms with Crippen LogP contribution in [0, 0.1) is 6.92 Å². The number of ether oxygens (including phenoxy) is 1. The zero-order valence-electron chi connectivity index (χ0n) is 19.4. The van der Waals surface area contributed by atoms with Gasteiger partial charge in [0.05, 0.1) is 30.6 Å². The minimum Gasteiger partial charge on any atom is -0.497 e.